The maximum atomic E-state index is 3.63. The molecular formula is C15H24BrN. The first-order chi connectivity index (χ1) is 7.93. The van der Waals surface area contributed by atoms with Crippen LogP contribution >= 0.6 is 15.9 Å². The molecule has 0 spiro atoms. The van der Waals surface area contributed by atoms with Crippen molar-refractivity contribution >= 4 is 15.9 Å². The first kappa shape index (κ1) is 14.7. The SMILES string of the molecule is CCC(C)(C)CNC(C)Cc1ccc(Br)cc1. The number of hydrogen-bond acceptors (Lipinski definition) is 1. The third-order valence-electron chi connectivity index (χ3n) is 3.34. The Morgan fingerprint density at radius 1 is 1.24 bits per heavy atom. The average Bonchev–Trinajstić information content (AvgIpc) is 2.30. The van der Waals surface area contributed by atoms with E-state index in [1.54, 1.807) is 0 Å². The van der Waals surface area contributed by atoms with E-state index in [0.29, 0.717) is 11.5 Å². The lowest BCUT2D eigenvalue weighted by Gasteiger charge is -2.25. The van der Waals surface area contributed by atoms with Crippen LogP contribution in [0.25, 0.3) is 0 Å². The van der Waals surface area contributed by atoms with E-state index in [2.05, 4.69) is 73.2 Å². The summed E-state index contributed by atoms with van der Waals surface area (Å²) in [6, 6.07) is 9.12. The second-order valence-corrected chi connectivity index (χ2v) is 6.55. The Bertz CT molecular complexity index is 329. The van der Waals surface area contributed by atoms with E-state index < -0.39 is 0 Å². The van der Waals surface area contributed by atoms with Crippen molar-refractivity contribution in [2.24, 2.45) is 5.41 Å². The van der Waals surface area contributed by atoms with Crippen LogP contribution in [0.3, 0.4) is 0 Å². The molecule has 0 saturated carbocycles. The van der Waals surface area contributed by atoms with E-state index in [1.165, 1.54) is 12.0 Å². The van der Waals surface area contributed by atoms with Gasteiger partial charge in [-0.2, -0.15) is 0 Å². The zero-order valence-electron chi connectivity index (χ0n) is 11.4. The van der Waals surface area contributed by atoms with Crippen LogP contribution in [-0.4, -0.2) is 12.6 Å². The van der Waals surface area contributed by atoms with Gasteiger partial charge in [-0.1, -0.05) is 48.8 Å². The molecule has 0 fully saturated rings. The average molecular weight is 298 g/mol. The molecule has 1 aromatic rings. The number of nitrogens with one attached hydrogen (secondary N) is 1. The van der Waals surface area contributed by atoms with Crippen LogP contribution in [0.5, 0.6) is 0 Å². The summed E-state index contributed by atoms with van der Waals surface area (Å²) in [7, 11) is 0. The maximum Gasteiger partial charge on any atom is 0.0175 e. The first-order valence-electron chi connectivity index (χ1n) is 6.41. The molecule has 1 N–H and O–H groups in total. The lowest BCUT2D eigenvalue weighted by molar-refractivity contribution is 0.312. The van der Waals surface area contributed by atoms with Gasteiger partial charge >= 0.3 is 0 Å². The fraction of sp³-hybridized carbons (Fsp3) is 0.600. The Morgan fingerprint density at radius 3 is 2.35 bits per heavy atom. The van der Waals surface area contributed by atoms with Gasteiger partial charge in [-0.25, -0.2) is 0 Å². The Hall–Kier alpha value is -0.340. The Labute approximate surface area is 114 Å². The van der Waals surface area contributed by atoms with Crippen molar-refractivity contribution < 1.29 is 0 Å². The summed E-state index contributed by atoms with van der Waals surface area (Å²) < 4.78 is 1.15. The van der Waals surface area contributed by atoms with E-state index in [9.17, 15) is 0 Å². The Morgan fingerprint density at radius 2 is 1.82 bits per heavy atom. The summed E-state index contributed by atoms with van der Waals surface area (Å²) in [6.45, 7) is 10.2. The van der Waals surface area contributed by atoms with Gasteiger partial charge in [0, 0.05) is 17.1 Å². The first-order valence-corrected chi connectivity index (χ1v) is 7.20. The summed E-state index contributed by atoms with van der Waals surface area (Å²) in [5, 5.41) is 3.63. The van der Waals surface area contributed by atoms with Crippen LogP contribution in [0, 0.1) is 5.41 Å². The molecule has 0 aliphatic rings. The molecule has 1 atom stereocenters. The molecule has 0 heterocycles. The topological polar surface area (TPSA) is 12.0 Å². The highest BCUT2D eigenvalue weighted by molar-refractivity contribution is 9.10. The highest BCUT2D eigenvalue weighted by Crippen LogP contribution is 2.18. The molecule has 17 heavy (non-hydrogen) atoms. The molecule has 0 aromatic heterocycles. The molecule has 0 aliphatic heterocycles. The molecule has 0 saturated heterocycles. The van der Waals surface area contributed by atoms with E-state index >= 15 is 0 Å². The van der Waals surface area contributed by atoms with E-state index in [-0.39, 0.29) is 0 Å². The van der Waals surface area contributed by atoms with Gasteiger partial charge in [-0.15, -0.1) is 0 Å². The smallest absolute Gasteiger partial charge is 0.0175 e. The molecular weight excluding hydrogens is 274 g/mol. The van der Waals surface area contributed by atoms with Gasteiger partial charge in [0.15, 0.2) is 0 Å². The summed E-state index contributed by atoms with van der Waals surface area (Å²) in [4.78, 5) is 0. The highest BCUT2D eigenvalue weighted by Gasteiger charge is 2.15. The van der Waals surface area contributed by atoms with Crippen molar-refractivity contribution in [1.82, 2.24) is 5.32 Å². The third-order valence-corrected chi connectivity index (χ3v) is 3.87. The van der Waals surface area contributed by atoms with Crippen LogP contribution in [0.2, 0.25) is 0 Å². The van der Waals surface area contributed by atoms with Gasteiger partial charge in [0.25, 0.3) is 0 Å². The predicted molar refractivity (Wildman–Crippen MR) is 79.4 cm³/mol. The predicted octanol–water partition coefficient (Wildman–Crippen LogP) is 4.41. The number of halogens is 1. The summed E-state index contributed by atoms with van der Waals surface area (Å²) in [6.07, 6.45) is 2.30. The summed E-state index contributed by atoms with van der Waals surface area (Å²) in [5.74, 6) is 0. The van der Waals surface area contributed by atoms with Gasteiger partial charge in [-0.3, -0.25) is 0 Å². The minimum Gasteiger partial charge on any atom is -0.313 e. The molecule has 1 aromatic carbocycles. The van der Waals surface area contributed by atoms with Crippen molar-refractivity contribution in [3.8, 4) is 0 Å². The van der Waals surface area contributed by atoms with Crippen LogP contribution in [-0.2, 0) is 6.42 Å². The van der Waals surface area contributed by atoms with Crippen LogP contribution in [0.4, 0.5) is 0 Å². The van der Waals surface area contributed by atoms with Crippen molar-refractivity contribution in [1.29, 1.82) is 0 Å². The molecule has 0 amide bonds. The number of rotatable bonds is 6. The van der Waals surface area contributed by atoms with E-state index in [0.717, 1.165) is 17.4 Å². The monoisotopic (exact) mass is 297 g/mol. The molecule has 1 nitrogen and oxygen atoms in total. The quantitative estimate of drug-likeness (QED) is 0.820. The van der Waals surface area contributed by atoms with Crippen molar-refractivity contribution in [3.05, 3.63) is 34.3 Å². The van der Waals surface area contributed by atoms with Gasteiger partial charge in [0.05, 0.1) is 0 Å². The molecule has 1 unspecified atom stereocenters. The van der Waals surface area contributed by atoms with Crippen LogP contribution in [0.15, 0.2) is 28.7 Å². The number of hydrogen-bond donors (Lipinski definition) is 1. The fourth-order valence-electron chi connectivity index (χ4n) is 1.62. The van der Waals surface area contributed by atoms with Crippen molar-refractivity contribution in [2.45, 2.75) is 46.6 Å². The van der Waals surface area contributed by atoms with E-state index in [4.69, 9.17) is 0 Å². The molecule has 0 radical (unpaired) electrons. The Balaban J connectivity index is 2.39. The maximum absolute atomic E-state index is 3.63. The molecule has 0 bridgehead atoms. The number of benzene rings is 1. The lowest BCUT2D eigenvalue weighted by atomic mass is 9.90. The van der Waals surface area contributed by atoms with Crippen molar-refractivity contribution in [3.63, 3.8) is 0 Å². The third kappa shape index (κ3) is 5.69. The highest BCUT2D eigenvalue weighted by atomic mass is 79.9. The van der Waals surface area contributed by atoms with Gasteiger partial charge in [-0.05, 0) is 42.9 Å². The van der Waals surface area contributed by atoms with Gasteiger partial charge in [0.2, 0.25) is 0 Å². The van der Waals surface area contributed by atoms with E-state index in [1.807, 2.05) is 0 Å². The minimum absolute atomic E-state index is 0.397. The molecule has 96 valence electrons. The Kier molecular flexibility index (Phi) is 5.68. The minimum atomic E-state index is 0.397. The molecule has 2 heteroatoms. The van der Waals surface area contributed by atoms with Crippen molar-refractivity contribution in [2.75, 3.05) is 6.54 Å². The van der Waals surface area contributed by atoms with Gasteiger partial charge < -0.3 is 5.32 Å². The van der Waals surface area contributed by atoms with Crippen LogP contribution < -0.4 is 5.32 Å². The largest absolute Gasteiger partial charge is 0.313 e. The zero-order chi connectivity index (χ0) is 12.9. The fourth-order valence-corrected chi connectivity index (χ4v) is 1.89. The lowest BCUT2D eigenvalue weighted by Crippen LogP contribution is -2.36. The second kappa shape index (κ2) is 6.55. The standard InChI is InChI=1S/C15H24BrN/c1-5-15(3,4)11-17-12(2)10-13-6-8-14(16)9-7-13/h6-9,12,17H,5,10-11H2,1-4H3. The zero-order valence-corrected chi connectivity index (χ0v) is 13.0. The van der Waals surface area contributed by atoms with Gasteiger partial charge in [0.1, 0.15) is 0 Å². The van der Waals surface area contributed by atoms with Crippen LogP contribution in [0.1, 0.15) is 39.7 Å². The second-order valence-electron chi connectivity index (χ2n) is 5.63. The summed E-state index contributed by atoms with van der Waals surface area (Å²) in [5.41, 5.74) is 1.79. The molecule has 1 rings (SSSR count). The summed E-state index contributed by atoms with van der Waals surface area (Å²) >= 11 is 3.46. The molecule has 0 aliphatic carbocycles. The normalized spacial score (nSPS) is 13.7.